The number of aryl methyl sites for hydroxylation is 1. The second-order valence-electron chi connectivity index (χ2n) is 3.96. The van der Waals surface area contributed by atoms with Gasteiger partial charge in [0, 0.05) is 27.4 Å². The molecule has 0 fully saturated rings. The Morgan fingerprint density at radius 2 is 2.00 bits per heavy atom. The molecular weight excluding hydrogens is 337 g/mol. The Kier molecular flexibility index (Phi) is 4.52. The predicted octanol–water partition coefficient (Wildman–Crippen LogP) is 3.74. The fourth-order valence-electron chi connectivity index (χ4n) is 1.71. The lowest BCUT2D eigenvalue weighted by atomic mass is 10.2. The number of aromatic nitrogens is 2. The predicted molar refractivity (Wildman–Crippen MR) is 83.7 cm³/mol. The Bertz CT molecular complexity index is 540. The molecule has 0 saturated carbocycles. The van der Waals surface area contributed by atoms with Crippen molar-refractivity contribution in [3.63, 3.8) is 0 Å². The van der Waals surface area contributed by atoms with Crippen molar-refractivity contribution in [3.05, 3.63) is 39.6 Å². The molecule has 1 aromatic heterocycles. The average Bonchev–Trinajstić information content (AvgIpc) is 2.39. The summed E-state index contributed by atoms with van der Waals surface area (Å²) in [6.07, 6.45) is 0.915. The van der Waals surface area contributed by atoms with E-state index in [1.165, 1.54) is 3.57 Å². The van der Waals surface area contributed by atoms with Gasteiger partial charge in [-0.25, -0.2) is 9.97 Å². The Balaban J connectivity index is 2.46. The lowest BCUT2D eigenvalue weighted by molar-refractivity contribution is 0.998. The van der Waals surface area contributed by atoms with Crippen molar-refractivity contribution >= 4 is 28.4 Å². The number of hydrogen-bond donors (Lipinski definition) is 1. The number of nitrogens with one attached hydrogen (secondary N) is 1. The molecule has 18 heavy (non-hydrogen) atoms. The molecular formula is C14H16IN3. The van der Waals surface area contributed by atoms with Crippen LogP contribution in [0.2, 0.25) is 0 Å². The fourth-order valence-corrected chi connectivity index (χ4v) is 2.25. The van der Waals surface area contributed by atoms with Crippen LogP contribution < -0.4 is 5.32 Å². The number of anilines is 1. The highest BCUT2D eigenvalue weighted by Gasteiger charge is 2.06. The number of nitrogens with zero attached hydrogens (tertiary/aromatic N) is 2. The zero-order chi connectivity index (χ0) is 13.0. The van der Waals surface area contributed by atoms with Crippen molar-refractivity contribution in [1.29, 1.82) is 0 Å². The summed E-state index contributed by atoms with van der Waals surface area (Å²) in [6.45, 7) is 5.04. The van der Waals surface area contributed by atoms with Gasteiger partial charge in [0.2, 0.25) is 0 Å². The van der Waals surface area contributed by atoms with E-state index in [0.717, 1.165) is 35.9 Å². The van der Waals surface area contributed by atoms with Gasteiger partial charge in [0.1, 0.15) is 5.82 Å². The first-order valence-electron chi connectivity index (χ1n) is 6.10. The molecule has 1 N–H and O–H groups in total. The van der Waals surface area contributed by atoms with Gasteiger partial charge < -0.3 is 5.32 Å². The van der Waals surface area contributed by atoms with Crippen molar-refractivity contribution in [2.45, 2.75) is 20.3 Å². The van der Waals surface area contributed by atoms with E-state index in [1.54, 1.807) is 0 Å². The molecule has 0 spiro atoms. The summed E-state index contributed by atoms with van der Waals surface area (Å²) < 4.78 is 1.20. The Morgan fingerprint density at radius 1 is 1.17 bits per heavy atom. The molecule has 0 amide bonds. The van der Waals surface area contributed by atoms with E-state index in [2.05, 4.69) is 63.9 Å². The van der Waals surface area contributed by atoms with Crippen LogP contribution >= 0.6 is 22.6 Å². The van der Waals surface area contributed by atoms with Crippen LogP contribution in [-0.4, -0.2) is 16.5 Å². The Morgan fingerprint density at radius 3 is 2.67 bits per heavy atom. The summed E-state index contributed by atoms with van der Waals surface area (Å²) in [5, 5.41) is 3.25. The number of hydrogen-bond acceptors (Lipinski definition) is 3. The van der Waals surface area contributed by atoms with Crippen LogP contribution in [0, 0.1) is 3.57 Å². The topological polar surface area (TPSA) is 37.8 Å². The maximum Gasteiger partial charge on any atom is 0.161 e. The highest BCUT2D eigenvalue weighted by atomic mass is 127. The van der Waals surface area contributed by atoms with Crippen molar-refractivity contribution in [2.24, 2.45) is 0 Å². The van der Waals surface area contributed by atoms with Crippen molar-refractivity contribution in [2.75, 3.05) is 11.9 Å². The molecule has 2 rings (SSSR count). The first kappa shape index (κ1) is 13.3. The summed E-state index contributed by atoms with van der Waals surface area (Å²) >= 11 is 2.30. The fraction of sp³-hybridized carbons (Fsp3) is 0.286. The zero-order valence-corrected chi connectivity index (χ0v) is 12.7. The van der Waals surface area contributed by atoms with Crippen molar-refractivity contribution < 1.29 is 0 Å². The van der Waals surface area contributed by atoms with Gasteiger partial charge >= 0.3 is 0 Å². The molecule has 0 atom stereocenters. The van der Waals surface area contributed by atoms with Crippen LogP contribution in [0.15, 0.2) is 30.3 Å². The summed E-state index contributed by atoms with van der Waals surface area (Å²) in [4.78, 5) is 9.15. The molecule has 0 unspecified atom stereocenters. The van der Waals surface area contributed by atoms with E-state index in [9.17, 15) is 0 Å². The molecule has 0 aliphatic heterocycles. The monoisotopic (exact) mass is 353 g/mol. The summed E-state index contributed by atoms with van der Waals surface area (Å²) in [6, 6.07) is 10.3. The molecule has 0 bridgehead atoms. The standard InChI is InChI=1S/C14H16IN3/c1-3-12-9-13(16-4-2)18-14(17-12)10-6-5-7-11(15)8-10/h5-9H,3-4H2,1-2H3,(H,16,17,18). The minimum atomic E-state index is 0.795. The van der Waals surface area contributed by atoms with Gasteiger partial charge in [-0.3, -0.25) is 0 Å². The molecule has 0 radical (unpaired) electrons. The molecule has 3 nitrogen and oxygen atoms in total. The normalized spacial score (nSPS) is 10.4. The summed E-state index contributed by atoms with van der Waals surface area (Å²) in [7, 11) is 0. The molecule has 94 valence electrons. The molecule has 1 aromatic carbocycles. The van der Waals surface area contributed by atoms with Crippen molar-refractivity contribution in [1.82, 2.24) is 9.97 Å². The minimum Gasteiger partial charge on any atom is -0.370 e. The van der Waals surface area contributed by atoms with Crippen LogP contribution in [0.1, 0.15) is 19.5 Å². The van der Waals surface area contributed by atoms with Gasteiger partial charge in [-0.2, -0.15) is 0 Å². The highest BCUT2D eigenvalue weighted by molar-refractivity contribution is 14.1. The van der Waals surface area contributed by atoms with Gasteiger partial charge in [-0.15, -0.1) is 0 Å². The molecule has 1 heterocycles. The first-order valence-corrected chi connectivity index (χ1v) is 7.18. The second-order valence-corrected chi connectivity index (χ2v) is 5.21. The molecule has 2 aromatic rings. The summed E-state index contributed by atoms with van der Waals surface area (Å²) in [5.74, 6) is 1.70. The third-order valence-electron chi connectivity index (χ3n) is 2.58. The largest absolute Gasteiger partial charge is 0.370 e. The summed E-state index contributed by atoms with van der Waals surface area (Å²) in [5.41, 5.74) is 2.13. The second kappa shape index (κ2) is 6.13. The number of halogens is 1. The number of rotatable bonds is 4. The molecule has 0 aliphatic rings. The minimum absolute atomic E-state index is 0.795. The third-order valence-corrected chi connectivity index (χ3v) is 3.25. The van der Waals surface area contributed by atoms with Gasteiger partial charge in [0.25, 0.3) is 0 Å². The first-order chi connectivity index (χ1) is 8.72. The van der Waals surface area contributed by atoms with Crippen LogP contribution in [0.3, 0.4) is 0 Å². The maximum atomic E-state index is 4.59. The van der Waals surface area contributed by atoms with Crippen LogP contribution in [0.5, 0.6) is 0 Å². The molecule has 0 aliphatic carbocycles. The zero-order valence-electron chi connectivity index (χ0n) is 10.6. The van der Waals surface area contributed by atoms with Gasteiger partial charge in [-0.05, 0) is 48.1 Å². The van der Waals surface area contributed by atoms with Gasteiger partial charge in [-0.1, -0.05) is 19.1 Å². The van der Waals surface area contributed by atoms with Crippen LogP contribution in [0.25, 0.3) is 11.4 Å². The van der Waals surface area contributed by atoms with E-state index < -0.39 is 0 Å². The highest BCUT2D eigenvalue weighted by Crippen LogP contribution is 2.20. The van der Waals surface area contributed by atoms with Crippen LogP contribution in [-0.2, 0) is 6.42 Å². The van der Waals surface area contributed by atoms with E-state index in [1.807, 2.05) is 18.2 Å². The average molecular weight is 353 g/mol. The lowest BCUT2D eigenvalue weighted by Crippen LogP contribution is -2.03. The molecule has 4 heteroatoms. The lowest BCUT2D eigenvalue weighted by Gasteiger charge is -2.08. The number of benzene rings is 1. The van der Waals surface area contributed by atoms with Gasteiger partial charge in [0.15, 0.2) is 5.82 Å². The SMILES string of the molecule is CCNc1cc(CC)nc(-c2cccc(I)c2)n1. The van der Waals surface area contributed by atoms with E-state index in [0.29, 0.717) is 0 Å². The van der Waals surface area contributed by atoms with Crippen molar-refractivity contribution in [3.8, 4) is 11.4 Å². The molecule has 0 saturated heterocycles. The Hall–Kier alpha value is -1.17. The quantitative estimate of drug-likeness (QED) is 0.851. The van der Waals surface area contributed by atoms with E-state index in [-0.39, 0.29) is 0 Å². The van der Waals surface area contributed by atoms with Gasteiger partial charge in [0.05, 0.1) is 0 Å². The van der Waals surface area contributed by atoms with E-state index in [4.69, 9.17) is 0 Å². The Labute approximate surface area is 121 Å². The third kappa shape index (κ3) is 3.19. The maximum absolute atomic E-state index is 4.59. The smallest absolute Gasteiger partial charge is 0.161 e. The van der Waals surface area contributed by atoms with E-state index >= 15 is 0 Å². The van der Waals surface area contributed by atoms with Crippen LogP contribution in [0.4, 0.5) is 5.82 Å².